The summed E-state index contributed by atoms with van der Waals surface area (Å²) >= 11 is 0. The molecule has 0 unspecified atom stereocenters. The van der Waals surface area contributed by atoms with E-state index in [0.717, 1.165) is 18.1 Å². The van der Waals surface area contributed by atoms with Crippen LogP contribution >= 0.6 is 0 Å². The van der Waals surface area contributed by atoms with Crippen LogP contribution in [0.4, 0.5) is 8.78 Å². The van der Waals surface area contributed by atoms with E-state index in [1.54, 1.807) is 31.3 Å². The van der Waals surface area contributed by atoms with Gasteiger partial charge in [0.05, 0.1) is 5.41 Å². The molecule has 1 fully saturated rings. The van der Waals surface area contributed by atoms with Gasteiger partial charge < -0.3 is 14.7 Å². The van der Waals surface area contributed by atoms with E-state index in [1.165, 1.54) is 17.0 Å². The molecule has 0 spiro atoms. The van der Waals surface area contributed by atoms with Crippen molar-refractivity contribution in [2.24, 2.45) is 0 Å². The molecule has 0 radical (unpaired) electrons. The molecule has 1 saturated carbocycles. The number of carboxylic acids is 1. The number of ether oxygens (including phenoxy) is 1. The van der Waals surface area contributed by atoms with Crippen molar-refractivity contribution in [3.05, 3.63) is 65.2 Å². The highest BCUT2D eigenvalue weighted by atomic mass is 19.1. The lowest BCUT2D eigenvalue weighted by Gasteiger charge is -2.43. The second kappa shape index (κ2) is 7.96. The van der Waals surface area contributed by atoms with Gasteiger partial charge in [0.25, 0.3) is 0 Å². The summed E-state index contributed by atoms with van der Waals surface area (Å²) in [4.78, 5) is 25.2. The Hall–Kier alpha value is -2.96. The molecule has 0 saturated heterocycles. The minimum absolute atomic E-state index is 0.199. The highest BCUT2D eigenvalue weighted by Crippen LogP contribution is 2.46. The zero-order chi connectivity index (χ0) is 20.3. The van der Waals surface area contributed by atoms with Crippen molar-refractivity contribution in [1.82, 2.24) is 4.90 Å². The Balaban J connectivity index is 1.72. The van der Waals surface area contributed by atoms with E-state index in [4.69, 9.17) is 9.84 Å². The number of nitrogens with zero attached hydrogens (tertiary/aromatic N) is 1. The minimum Gasteiger partial charge on any atom is -0.482 e. The first kappa shape index (κ1) is 19.8. The molecule has 0 heterocycles. The highest BCUT2D eigenvalue weighted by molar-refractivity contribution is 5.89. The van der Waals surface area contributed by atoms with Gasteiger partial charge in [-0.05, 0) is 36.6 Å². The van der Waals surface area contributed by atoms with Crippen molar-refractivity contribution in [3.63, 3.8) is 0 Å². The highest BCUT2D eigenvalue weighted by Gasteiger charge is 2.48. The number of aliphatic carboxylic acids is 1. The maximum atomic E-state index is 14.3. The fourth-order valence-corrected chi connectivity index (χ4v) is 3.55. The van der Waals surface area contributed by atoms with Crippen molar-refractivity contribution < 1.29 is 28.2 Å². The summed E-state index contributed by atoms with van der Waals surface area (Å²) in [6.07, 6.45) is 1.87. The summed E-state index contributed by atoms with van der Waals surface area (Å²) in [5.41, 5.74) is 0.124. The van der Waals surface area contributed by atoms with E-state index in [-0.39, 0.29) is 11.5 Å². The van der Waals surface area contributed by atoms with Crippen molar-refractivity contribution in [3.8, 4) is 5.75 Å². The van der Waals surface area contributed by atoms with Crippen LogP contribution in [0.3, 0.4) is 0 Å². The molecule has 1 aliphatic rings. The van der Waals surface area contributed by atoms with E-state index in [2.05, 4.69) is 0 Å². The Morgan fingerprint density at radius 1 is 1.14 bits per heavy atom. The predicted octanol–water partition coefficient (Wildman–Crippen LogP) is 3.51. The number of rotatable bonds is 7. The zero-order valence-electron chi connectivity index (χ0n) is 15.5. The van der Waals surface area contributed by atoms with E-state index >= 15 is 0 Å². The average Bonchev–Trinajstić information content (AvgIpc) is 2.61. The van der Waals surface area contributed by atoms with Crippen LogP contribution in [0.2, 0.25) is 0 Å². The van der Waals surface area contributed by atoms with Crippen molar-refractivity contribution in [2.75, 3.05) is 13.7 Å². The Kier molecular flexibility index (Phi) is 5.63. The van der Waals surface area contributed by atoms with Crippen LogP contribution in [-0.2, 0) is 21.5 Å². The molecule has 0 bridgehead atoms. The molecule has 2 aromatic rings. The van der Waals surface area contributed by atoms with Crippen LogP contribution < -0.4 is 4.74 Å². The second-order valence-electron chi connectivity index (χ2n) is 7.05. The molecule has 0 aliphatic heterocycles. The first-order chi connectivity index (χ1) is 13.3. The minimum atomic E-state index is -1.06. The van der Waals surface area contributed by atoms with E-state index in [0.29, 0.717) is 25.1 Å². The third kappa shape index (κ3) is 3.98. The number of amides is 1. The lowest BCUT2D eigenvalue weighted by atomic mass is 9.63. The van der Waals surface area contributed by atoms with Gasteiger partial charge in [0.2, 0.25) is 5.91 Å². The van der Waals surface area contributed by atoms with Gasteiger partial charge in [0.1, 0.15) is 17.4 Å². The SMILES string of the molecule is CN(Cc1ccc(OCC(=O)O)cc1)C(=O)C1(c2ccc(F)cc2F)CCC1. The Labute approximate surface area is 161 Å². The standard InChI is InChI=1S/C21H21F2NO4/c1-24(12-14-3-6-16(7-4-14)28-13-19(25)26)20(27)21(9-2-10-21)17-8-5-15(22)11-18(17)23/h3-8,11H,2,9-10,12-13H2,1H3,(H,25,26). The maximum absolute atomic E-state index is 14.3. The van der Waals surface area contributed by atoms with Crippen molar-refractivity contribution >= 4 is 11.9 Å². The summed E-state index contributed by atoms with van der Waals surface area (Å²) in [5.74, 6) is -2.20. The summed E-state index contributed by atoms with van der Waals surface area (Å²) < 4.78 is 32.7. The summed E-state index contributed by atoms with van der Waals surface area (Å²) in [6, 6.07) is 10.1. The quantitative estimate of drug-likeness (QED) is 0.787. The van der Waals surface area contributed by atoms with Crippen LogP contribution in [0.15, 0.2) is 42.5 Å². The molecular weight excluding hydrogens is 368 g/mol. The predicted molar refractivity (Wildman–Crippen MR) is 97.9 cm³/mol. The Bertz CT molecular complexity index is 878. The van der Waals surface area contributed by atoms with Crippen LogP contribution in [0.1, 0.15) is 30.4 Å². The van der Waals surface area contributed by atoms with Gasteiger partial charge in [0, 0.05) is 25.2 Å². The first-order valence-corrected chi connectivity index (χ1v) is 8.96. The number of halogens is 2. The third-order valence-corrected chi connectivity index (χ3v) is 5.12. The van der Waals surface area contributed by atoms with Gasteiger partial charge in [0.15, 0.2) is 6.61 Å². The summed E-state index contributed by atoms with van der Waals surface area (Å²) in [6.45, 7) is -0.119. The number of likely N-dealkylation sites (N-methyl/N-ethyl adjacent to an activating group) is 1. The first-order valence-electron chi connectivity index (χ1n) is 8.96. The monoisotopic (exact) mass is 389 g/mol. The van der Waals surface area contributed by atoms with Gasteiger partial charge in [-0.25, -0.2) is 13.6 Å². The van der Waals surface area contributed by atoms with Crippen molar-refractivity contribution in [1.29, 1.82) is 0 Å². The molecule has 5 nitrogen and oxygen atoms in total. The van der Waals surface area contributed by atoms with Gasteiger partial charge >= 0.3 is 5.97 Å². The largest absolute Gasteiger partial charge is 0.482 e. The molecule has 28 heavy (non-hydrogen) atoms. The fourth-order valence-electron chi connectivity index (χ4n) is 3.55. The molecule has 1 aliphatic carbocycles. The molecule has 0 aromatic heterocycles. The van der Waals surface area contributed by atoms with Gasteiger partial charge in [-0.1, -0.05) is 24.6 Å². The van der Waals surface area contributed by atoms with Crippen LogP contribution in [0.5, 0.6) is 5.75 Å². The molecule has 1 N–H and O–H groups in total. The number of hydrogen-bond donors (Lipinski definition) is 1. The number of benzene rings is 2. The van der Waals surface area contributed by atoms with Crippen LogP contribution in [-0.4, -0.2) is 35.5 Å². The molecule has 148 valence electrons. The Morgan fingerprint density at radius 2 is 1.82 bits per heavy atom. The van der Waals surface area contributed by atoms with Crippen LogP contribution in [0, 0.1) is 11.6 Å². The zero-order valence-corrected chi connectivity index (χ0v) is 15.5. The van der Waals surface area contributed by atoms with E-state index in [1.807, 2.05) is 0 Å². The summed E-state index contributed by atoms with van der Waals surface area (Å²) in [5, 5.41) is 8.63. The molecule has 3 rings (SSSR count). The number of hydrogen-bond acceptors (Lipinski definition) is 3. The molecule has 1 amide bonds. The molecule has 2 aromatic carbocycles. The van der Waals surface area contributed by atoms with E-state index < -0.39 is 29.6 Å². The Morgan fingerprint density at radius 3 is 2.36 bits per heavy atom. The summed E-state index contributed by atoms with van der Waals surface area (Å²) in [7, 11) is 1.65. The molecular formula is C21H21F2NO4. The smallest absolute Gasteiger partial charge is 0.341 e. The lowest BCUT2D eigenvalue weighted by Crippen LogP contribution is -2.50. The number of carbonyl (C=O) groups is 2. The van der Waals surface area contributed by atoms with Crippen LogP contribution in [0.25, 0.3) is 0 Å². The normalized spacial score (nSPS) is 14.8. The number of carbonyl (C=O) groups excluding carboxylic acids is 1. The second-order valence-corrected chi connectivity index (χ2v) is 7.05. The lowest BCUT2D eigenvalue weighted by molar-refractivity contribution is -0.140. The molecule has 7 heteroatoms. The molecule has 0 atom stereocenters. The van der Waals surface area contributed by atoms with E-state index in [9.17, 15) is 18.4 Å². The number of carboxylic acid groups (broad SMARTS) is 1. The third-order valence-electron chi connectivity index (χ3n) is 5.12. The average molecular weight is 389 g/mol. The fraction of sp³-hybridized carbons (Fsp3) is 0.333. The van der Waals surface area contributed by atoms with Crippen molar-refractivity contribution in [2.45, 2.75) is 31.2 Å². The van der Waals surface area contributed by atoms with Gasteiger partial charge in [-0.2, -0.15) is 0 Å². The topological polar surface area (TPSA) is 66.8 Å². The maximum Gasteiger partial charge on any atom is 0.341 e. The van der Waals surface area contributed by atoms with Gasteiger partial charge in [-0.15, -0.1) is 0 Å². The van der Waals surface area contributed by atoms with Gasteiger partial charge in [-0.3, -0.25) is 4.79 Å².